The van der Waals surface area contributed by atoms with Crippen LogP contribution in [0.1, 0.15) is 36.8 Å². The zero-order chi connectivity index (χ0) is 22.2. The maximum atomic E-state index is 13.2. The number of hydrogen-bond acceptors (Lipinski definition) is 3. The quantitative estimate of drug-likeness (QED) is 0.611. The van der Waals surface area contributed by atoms with Gasteiger partial charge in [-0.25, -0.2) is 4.39 Å². The summed E-state index contributed by atoms with van der Waals surface area (Å²) in [6.07, 6.45) is 0. The number of nitrogens with zero attached hydrogens (tertiary/aromatic N) is 2. The molecule has 2 aromatic carbocycles. The largest absolute Gasteiger partial charge is 0.368 e. The van der Waals surface area contributed by atoms with Gasteiger partial charge in [0, 0.05) is 10.4 Å². The van der Waals surface area contributed by atoms with Crippen LogP contribution in [-0.2, 0) is 11.3 Å². The summed E-state index contributed by atoms with van der Waals surface area (Å²) in [5.41, 5.74) is 6.21. The summed E-state index contributed by atoms with van der Waals surface area (Å²) in [7, 11) is 0. The van der Waals surface area contributed by atoms with E-state index in [9.17, 15) is 14.0 Å². The summed E-state index contributed by atoms with van der Waals surface area (Å²) in [5.74, 6) is -1.58. The first-order valence-corrected chi connectivity index (χ1v) is 9.93. The molecule has 30 heavy (non-hydrogen) atoms. The van der Waals surface area contributed by atoms with Gasteiger partial charge in [0.15, 0.2) is 5.69 Å². The standard InChI is InChI=1S/C21H21Cl2FN4O2/c1-21(2,3)18(19(25)29)26-20(30)16-14-8-12(22)9-15(23)17(14)28(27-16)10-11-4-6-13(24)7-5-11/h4-9,18H,10H2,1-3H3,(H2,25,29)(H,26,30)/t18-/m1/s1. The molecule has 1 atom stereocenters. The lowest BCUT2D eigenvalue weighted by Crippen LogP contribution is -2.52. The molecular weight excluding hydrogens is 430 g/mol. The lowest BCUT2D eigenvalue weighted by molar-refractivity contribution is -0.122. The molecule has 1 aromatic heterocycles. The molecule has 3 rings (SSSR count). The highest BCUT2D eigenvalue weighted by molar-refractivity contribution is 6.38. The summed E-state index contributed by atoms with van der Waals surface area (Å²) >= 11 is 12.5. The number of nitrogens with two attached hydrogens (primary N) is 1. The van der Waals surface area contributed by atoms with Gasteiger partial charge in [-0.15, -0.1) is 0 Å². The summed E-state index contributed by atoms with van der Waals surface area (Å²) in [5, 5.41) is 8.17. The molecule has 0 aliphatic heterocycles. The monoisotopic (exact) mass is 450 g/mol. The van der Waals surface area contributed by atoms with Crippen LogP contribution >= 0.6 is 23.2 Å². The first-order chi connectivity index (χ1) is 14.0. The first-order valence-electron chi connectivity index (χ1n) is 9.17. The predicted molar refractivity (Wildman–Crippen MR) is 115 cm³/mol. The van der Waals surface area contributed by atoms with Crippen molar-refractivity contribution in [2.24, 2.45) is 11.1 Å². The topological polar surface area (TPSA) is 90.0 Å². The van der Waals surface area contributed by atoms with Gasteiger partial charge in [0.2, 0.25) is 5.91 Å². The van der Waals surface area contributed by atoms with Gasteiger partial charge in [0.05, 0.1) is 17.1 Å². The Bertz CT molecular complexity index is 1120. The number of aromatic nitrogens is 2. The second-order valence-electron chi connectivity index (χ2n) is 8.09. The van der Waals surface area contributed by atoms with Crippen molar-refractivity contribution in [3.05, 3.63) is 63.5 Å². The summed E-state index contributed by atoms with van der Waals surface area (Å²) in [4.78, 5) is 24.9. The molecule has 0 unspecified atom stereocenters. The van der Waals surface area contributed by atoms with Gasteiger partial charge in [0.1, 0.15) is 11.9 Å². The highest BCUT2D eigenvalue weighted by atomic mass is 35.5. The molecule has 0 bridgehead atoms. The Labute approximate surface area is 183 Å². The molecule has 0 spiro atoms. The lowest BCUT2D eigenvalue weighted by Gasteiger charge is -2.28. The molecule has 0 aliphatic rings. The van der Waals surface area contributed by atoms with E-state index in [2.05, 4.69) is 10.4 Å². The first kappa shape index (κ1) is 22.1. The Morgan fingerprint density at radius 2 is 1.83 bits per heavy atom. The van der Waals surface area contributed by atoms with Crippen LogP contribution in [0.3, 0.4) is 0 Å². The van der Waals surface area contributed by atoms with Gasteiger partial charge >= 0.3 is 0 Å². The van der Waals surface area contributed by atoms with Crippen LogP contribution in [-0.4, -0.2) is 27.6 Å². The van der Waals surface area contributed by atoms with Crippen molar-refractivity contribution in [1.29, 1.82) is 0 Å². The van der Waals surface area contributed by atoms with E-state index >= 15 is 0 Å². The zero-order valence-corrected chi connectivity index (χ0v) is 18.2. The van der Waals surface area contributed by atoms with Crippen LogP contribution in [0.15, 0.2) is 36.4 Å². The van der Waals surface area contributed by atoms with E-state index in [1.54, 1.807) is 49.7 Å². The van der Waals surface area contributed by atoms with E-state index < -0.39 is 23.3 Å². The number of fused-ring (bicyclic) bond motifs is 1. The molecular formula is C21H21Cl2FN4O2. The highest BCUT2D eigenvalue weighted by Gasteiger charge is 2.32. The minimum absolute atomic E-state index is 0.0620. The smallest absolute Gasteiger partial charge is 0.273 e. The Morgan fingerprint density at radius 1 is 1.20 bits per heavy atom. The number of benzene rings is 2. The maximum absolute atomic E-state index is 13.2. The molecule has 0 fully saturated rings. The number of amides is 2. The van der Waals surface area contributed by atoms with Crippen molar-refractivity contribution in [2.75, 3.05) is 0 Å². The molecule has 1 heterocycles. The number of carbonyl (C=O) groups is 2. The average molecular weight is 451 g/mol. The van der Waals surface area contributed by atoms with E-state index in [-0.39, 0.29) is 18.1 Å². The van der Waals surface area contributed by atoms with Crippen LogP contribution in [0.25, 0.3) is 10.9 Å². The van der Waals surface area contributed by atoms with Crippen LogP contribution < -0.4 is 11.1 Å². The molecule has 158 valence electrons. The molecule has 6 nitrogen and oxygen atoms in total. The van der Waals surface area contributed by atoms with Crippen LogP contribution in [0.2, 0.25) is 10.0 Å². The van der Waals surface area contributed by atoms with Crippen molar-refractivity contribution in [2.45, 2.75) is 33.4 Å². The summed E-state index contributed by atoms with van der Waals surface area (Å²) in [6.45, 7) is 5.63. The van der Waals surface area contributed by atoms with Crippen molar-refractivity contribution >= 4 is 45.9 Å². The molecule has 0 radical (unpaired) electrons. The Kier molecular flexibility index (Phi) is 6.06. The van der Waals surface area contributed by atoms with E-state index in [4.69, 9.17) is 28.9 Å². The molecule has 0 saturated heterocycles. The fourth-order valence-electron chi connectivity index (χ4n) is 3.19. The minimum Gasteiger partial charge on any atom is -0.368 e. The third kappa shape index (κ3) is 4.57. The number of nitrogens with one attached hydrogen (secondary N) is 1. The van der Waals surface area contributed by atoms with Gasteiger partial charge < -0.3 is 11.1 Å². The lowest BCUT2D eigenvalue weighted by atomic mass is 9.86. The number of primary amides is 1. The molecule has 2 amide bonds. The molecule has 0 saturated carbocycles. The second kappa shape index (κ2) is 8.24. The summed E-state index contributed by atoms with van der Waals surface area (Å²) in [6, 6.07) is 8.16. The molecule has 0 aliphatic carbocycles. The average Bonchev–Trinajstić information content (AvgIpc) is 2.98. The van der Waals surface area contributed by atoms with Gasteiger partial charge in [0.25, 0.3) is 5.91 Å². The summed E-state index contributed by atoms with van der Waals surface area (Å²) < 4.78 is 14.8. The van der Waals surface area contributed by atoms with Crippen molar-refractivity contribution < 1.29 is 14.0 Å². The Balaban J connectivity index is 2.07. The van der Waals surface area contributed by atoms with Crippen molar-refractivity contribution in [1.82, 2.24) is 15.1 Å². The van der Waals surface area contributed by atoms with Crippen molar-refractivity contribution in [3.63, 3.8) is 0 Å². The van der Waals surface area contributed by atoms with Crippen LogP contribution in [0, 0.1) is 11.2 Å². The molecule has 3 aromatic rings. The Morgan fingerprint density at radius 3 is 2.40 bits per heavy atom. The number of hydrogen-bond donors (Lipinski definition) is 2. The van der Waals surface area contributed by atoms with Crippen LogP contribution in [0.4, 0.5) is 4.39 Å². The van der Waals surface area contributed by atoms with Gasteiger partial charge in [-0.2, -0.15) is 5.10 Å². The van der Waals surface area contributed by atoms with E-state index in [0.29, 0.717) is 20.9 Å². The SMILES string of the molecule is CC(C)(C)[C@H](NC(=O)c1nn(Cc2ccc(F)cc2)c2c(Cl)cc(Cl)cc12)C(N)=O. The number of halogens is 3. The van der Waals surface area contributed by atoms with Gasteiger partial charge in [-0.1, -0.05) is 56.1 Å². The maximum Gasteiger partial charge on any atom is 0.273 e. The Hall–Kier alpha value is -2.64. The fourth-order valence-corrected chi connectivity index (χ4v) is 3.78. The highest BCUT2D eigenvalue weighted by Crippen LogP contribution is 2.31. The normalized spacial score (nSPS) is 12.7. The number of carbonyl (C=O) groups excluding carboxylic acids is 2. The molecule has 9 heteroatoms. The second-order valence-corrected chi connectivity index (χ2v) is 8.94. The van der Waals surface area contributed by atoms with E-state index in [1.165, 1.54) is 12.1 Å². The van der Waals surface area contributed by atoms with Gasteiger partial charge in [-0.05, 0) is 35.2 Å². The third-order valence-electron chi connectivity index (χ3n) is 4.65. The predicted octanol–water partition coefficient (Wildman–Crippen LogP) is 4.16. The van der Waals surface area contributed by atoms with Gasteiger partial charge in [-0.3, -0.25) is 14.3 Å². The van der Waals surface area contributed by atoms with E-state index in [0.717, 1.165) is 5.56 Å². The fraction of sp³-hybridized carbons (Fsp3) is 0.286. The van der Waals surface area contributed by atoms with Crippen molar-refractivity contribution in [3.8, 4) is 0 Å². The minimum atomic E-state index is -0.906. The third-order valence-corrected chi connectivity index (χ3v) is 5.16. The zero-order valence-electron chi connectivity index (χ0n) is 16.7. The number of rotatable bonds is 5. The molecule has 3 N–H and O–H groups in total. The van der Waals surface area contributed by atoms with E-state index in [1.807, 2.05) is 0 Å². The van der Waals surface area contributed by atoms with Crippen LogP contribution in [0.5, 0.6) is 0 Å².